The predicted octanol–water partition coefficient (Wildman–Crippen LogP) is 1.53. The van der Waals surface area contributed by atoms with Crippen LogP contribution in [0.25, 0.3) is 0 Å². The van der Waals surface area contributed by atoms with E-state index in [1.165, 1.54) is 12.1 Å². The van der Waals surface area contributed by atoms with E-state index in [2.05, 4.69) is 5.32 Å². The van der Waals surface area contributed by atoms with Crippen molar-refractivity contribution < 1.29 is 19.1 Å². The van der Waals surface area contributed by atoms with Crippen molar-refractivity contribution in [1.82, 2.24) is 5.32 Å². The lowest BCUT2D eigenvalue weighted by Crippen LogP contribution is -2.40. The normalized spacial score (nSPS) is 12.1. The Morgan fingerprint density at radius 3 is 2.67 bits per heavy atom. The number of aliphatic carboxylic acids is 1. The molecule has 0 spiro atoms. The minimum atomic E-state index is -1.08. The fourth-order valence-corrected chi connectivity index (χ4v) is 1.15. The van der Waals surface area contributed by atoms with Gasteiger partial charge in [-0.2, -0.15) is 0 Å². The molecule has 1 aromatic rings. The molecule has 0 saturated carbocycles. The Morgan fingerprint density at radius 1 is 1.60 bits per heavy atom. The van der Waals surface area contributed by atoms with Crippen molar-refractivity contribution in [2.45, 2.75) is 19.4 Å². The van der Waals surface area contributed by atoms with Crippen molar-refractivity contribution in [2.75, 3.05) is 0 Å². The summed E-state index contributed by atoms with van der Waals surface area (Å²) in [4.78, 5) is 22.0. The number of halogens is 1. The second kappa shape index (κ2) is 4.84. The molecule has 1 rings (SSSR count). The molecule has 0 aliphatic carbocycles. The molecule has 0 radical (unpaired) electrons. The van der Waals surface area contributed by atoms with Gasteiger partial charge in [-0.3, -0.25) is 4.79 Å². The monoisotopic (exact) mass is 231 g/mol. The zero-order valence-electron chi connectivity index (χ0n) is 7.99. The first-order chi connectivity index (χ1) is 7.04. The van der Waals surface area contributed by atoms with E-state index in [1.807, 2.05) is 0 Å². The molecule has 1 heterocycles. The first-order valence-electron chi connectivity index (χ1n) is 4.33. The number of furan rings is 1. The summed E-state index contributed by atoms with van der Waals surface area (Å²) in [5.74, 6) is -1.67. The molecule has 0 aromatic carbocycles. The minimum absolute atomic E-state index is 0.000278. The molecule has 0 fully saturated rings. The van der Waals surface area contributed by atoms with Gasteiger partial charge in [-0.05, 0) is 30.2 Å². The van der Waals surface area contributed by atoms with Gasteiger partial charge in [-0.1, -0.05) is 6.92 Å². The maximum Gasteiger partial charge on any atom is 0.326 e. The van der Waals surface area contributed by atoms with Crippen LogP contribution in [-0.4, -0.2) is 23.0 Å². The quantitative estimate of drug-likeness (QED) is 0.824. The van der Waals surface area contributed by atoms with Crippen molar-refractivity contribution in [1.29, 1.82) is 0 Å². The minimum Gasteiger partial charge on any atom is -0.480 e. The SMILES string of the molecule is CCC(NC(=O)c1ccc(Cl)o1)C(=O)O. The van der Waals surface area contributed by atoms with Crippen LogP contribution in [-0.2, 0) is 4.79 Å². The lowest BCUT2D eigenvalue weighted by atomic mass is 10.2. The van der Waals surface area contributed by atoms with Gasteiger partial charge < -0.3 is 14.8 Å². The molecule has 1 amide bonds. The predicted molar refractivity (Wildman–Crippen MR) is 52.9 cm³/mol. The fourth-order valence-electron chi connectivity index (χ4n) is 1.00. The number of hydrogen-bond acceptors (Lipinski definition) is 3. The van der Waals surface area contributed by atoms with Gasteiger partial charge in [0.1, 0.15) is 6.04 Å². The van der Waals surface area contributed by atoms with Gasteiger partial charge in [0.25, 0.3) is 5.91 Å². The number of nitrogens with one attached hydrogen (secondary N) is 1. The van der Waals surface area contributed by atoms with Gasteiger partial charge in [0.15, 0.2) is 11.0 Å². The van der Waals surface area contributed by atoms with Crippen molar-refractivity contribution >= 4 is 23.5 Å². The second-order valence-corrected chi connectivity index (χ2v) is 3.25. The zero-order chi connectivity index (χ0) is 11.4. The summed E-state index contributed by atoms with van der Waals surface area (Å²) in [5, 5.41) is 11.1. The van der Waals surface area contributed by atoms with E-state index in [9.17, 15) is 9.59 Å². The molecule has 6 heteroatoms. The van der Waals surface area contributed by atoms with Gasteiger partial charge in [0, 0.05) is 0 Å². The third kappa shape index (κ3) is 2.99. The first kappa shape index (κ1) is 11.6. The fraction of sp³-hybridized carbons (Fsp3) is 0.333. The highest BCUT2D eigenvalue weighted by molar-refractivity contribution is 6.29. The molecule has 15 heavy (non-hydrogen) atoms. The van der Waals surface area contributed by atoms with Crippen molar-refractivity contribution in [2.24, 2.45) is 0 Å². The standard InChI is InChI=1S/C9H10ClNO4/c1-2-5(9(13)14)11-8(12)6-3-4-7(10)15-6/h3-5H,2H2,1H3,(H,11,12)(H,13,14). The lowest BCUT2D eigenvalue weighted by Gasteiger charge is -2.10. The molecule has 0 saturated heterocycles. The third-order valence-corrected chi connectivity index (χ3v) is 2.01. The van der Waals surface area contributed by atoms with Crippen LogP contribution in [0.4, 0.5) is 0 Å². The Labute approximate surface area is 91.0 Å². The third-order valence-electron chi connectivity index (χ3n) is 1.81. The summed E-state index contributed by atoms with van der Waals surface area (Å²) in [6.45, 7) is 1.66. The number of carboxylic acids is 1. The summed E-state index contributed by atoms with van der Waals surface area (Å²) in [6, 6.07) is 1.88. The van der Waals surface area contributed by atoms with Crippen molar-refractivity contribution in [3.63, 3.8) is 0 Å². The largest absolute Gasteiger partial charge is 0.480 e. The van der Waals surface area contributed by atoms with Gasteiger partial charge in [-0.15, -0.1) is 0 Å². The van der Waals surface area contributed by atoms with E-state index < -0.39 is 17.9 Å². The van der Waals surface area contributed by atoms with E-state index in [4.69, 9.17) is 21.1 Å². The molecule has 1 unspecified atom stereocenters. The average molecular weight is 232 g/mol. The number of rotatable bonds is 4. The number of carboxylic acid groups (broad SMARTS) is 1. The molecule has 0 aliphatic heterocycles. The van der Waals surface area contributed by atoms with Gasteiger partial charge in [0.2, 0.25) is 0 Å². The molecule has 1 aromatic heterocycles. The summed E-state index contributed by atoms with van der Waals surface area (Å²) >= 11 is 5.47. The molecule has 1 atom stereocenters. The van der Waals surface area contributed by atoms with Crippen LogP contribution in [0.3, 0.4) is 0 Å². The Bertz CT molecular complexity index is 374. The maximum absolute atomic E-state index is 11.4. The molecule has 0 bridgehead atoms. The smallest absolute Gasteiger partial charge is 0.326 e. The summed E-state index contributed by atoms with van der Waals surface area (Å²) in [6.07, 6.45) is 0.301. The lowest BCUT2D eigenvalue weighted by molar-refractivity contribution is -0.139. The van der Waals surface area contributed by atoms with E-state index in [0.29, 0.717) is 6.42 Å². The molecular formula is C9H10ClNO4. The molecule has 5 nitrogen and oxygen atoms in total. The van der Waals surface area contributed by atoms with Gasteiger partial charge in [0.05, 0.1) is 0 Å². The average Bonchev–Trinajstić information content (AvgIpc) is 2.60. The number of carbonyl (C=O) groups excluding carboxylic acids is 1. The van der Waals surface area contributed by atoms with Crippen LogP contribution in [0.5, 0.6) is 0 Å². The highest BCUT2D eigenvalue weighted by Crippen LogP contribution is 2.13. The van der Waals surface area contributed by atoms with Crippen LogP contribution < -0.4 is 5.32 Å². The van der Waals surface area contributed by atoms with Crippen LogP contribution in [0.15, 0.2) is 16.5 Å². The van der Waals surface area contributed by atoms with E-state index in [0.717, 1.165) is 0 Å². The summed E-state index contributed by atoms with van der Waals surface area (Å²) in [7, 11) is 0. The topological polar surface area (TPSA) is 79.5 Å². The first-order valence-corrected chi connectivity index (χ1v) is 4.71. The highest BCUT2D eigenvalue weighted by atomic mass is 35.5. The van der Waals surface area contributed by atoms with Crippen LogP contribution >= 0.6 is 11.6 Å². The number of hydrogen-bond donors (Lipinski definition) is 2. The number of amides is 1. The van der Waals surface area contributed by atoms with Gasteiger partial charge in [-0.25, -0.2) is 4.79 Å². The van der Waals surface area contributed by atoms with Crippen molar-refractivity contribution in [3.05, 3.63) is 23.1 Å². The Balaban J connectivity index is 2.66. The number of carbonyl (C=O) groups is 2. The van der Waals surface area contributed by atoms with Crippen LogP contribution in [0, 0.1) is 0 Å². The van der Waals surface area contributed by atoms with E-state index in [1.54, 1.807) is 6.92 Å². The Kier molecular flexibility index (Phi) is 3.74. The highest BCUT2D eigenvalue weighted by Gasteiger charge is 2.20. The summed E-state index contributed by atoms with van der Waals surface area (Å²) < 4.78 is 4.83. The van der Waals surface area contributed by atoms with Gasteiger partial charge >= 0.3 is 5.97 Å². The maximum atomic E-state index is 11.4. The van der Waals surface area contributed by atoms with E-state index in [-0.39, 0.29) is 11.0 Å². The Hall–Kier alpha value is -1.49. The van der Waals surface area contributed by atoms with Crippen LogP contribution in [0.1, 0.15) is 23.9 Å². The molecular weight excluding hydrogens is 222 g/mol. The van der Waals surface area contributed by atoms with Crippen molar-refractivity contribution in [3.8, 4) is 0 Å². The van der Waals surface area contributed by atoms with E-state index >= 15 is 0 Å². The second-order valence-electron chi connectivity index (χ2n) is 2.88. The molecule has 2 N–H and O–H groups in total. The molecule has 0 aliphatic rings. The molecule has 82 valence electrons. The zero-order valence-corrected chi connectivity index (χ0v) is 8.75. The van der Waals surface area contributed by atoms with Crippen LogP contribution in [0.2, 0.25) is 5.22 Å². The Morgan fingerprint density at radius 2 is 2.27 bits per heavy atom. The summed E-state index contributed by atoms with van der Waals surface area (Å²) in [5.41, 5.74) is 0.